The lowest BCUT2D eigenvalue weighted by Gasteiger charge is -2.00. The van der Waals surface area contributed by atoms with Gasteiger partial charge < -0.3 is 4.74 Å². The summed E-state index contributed by atoms with van der Waals surface area (Å²) in [6.45, 7) is 0. The molecule has 0 saturated carbocycles. The Morgan fingerprint density at radius 3 is 3.00 bits per heavy atom. The number of carbonyl (C=O) groups is 1. The molecule has 0 fully saturated rings. The van der Waals surface area contributed by atoms with Crippen LogP contribution in [0.2, 0.25) is 0 Å². The number of hydrogen-bond donors (Lipinski definition) is 0. The number of thioether (sulfide) groups is 1. The van der Waals surface area contributed by atoms with E-state index < -0.39 is 0 Å². The molecule has 0 radical (unpaired) electrons. The first-order valence-electron chi connectivity index (χ1n) is 3.90. The van der Waals surface area contributed by atoms with Gasteiger partial charge in [0.1, 0.15) is 17.1 Å². The molecule has 0 bridgehead atoms. The van der Waals surface area contributed by atoms with Crippen molar-refractivity contribution < 1.29 is 9.53 Å². The summed E-state index contributed by atoms with van der Waals surface area (Å²) in [5.41, 5.74) is 0.632. The summed E-state index contributed by atoms with van der Waals surface area (Å²) in [7, 11) is 1.53. The van der Waals surface area contributed by atoms with Gasteiger partial charge in [0, 0.05) is 6.07 Å². The zero-order valence-electron chi connectivity index (χ0n) is 7.43. The fourth-order valence-corrected chi connectivity index (χ4v) is 1.76. The molecule has 1 amide bonds. The van der Waals surface area contributed by atoms with Crippen molar-refractivity contribution in [2.24, 2.45) is 4.99 Å². The van der Waals surface area contributed by atoms with E-state index in [1.807, 2.05) is 0 Å². The Hall–Kier alpha value is -1.43. The first-order valence-corrected chi connectivity index (χ1v) is 4.89. The van der Waals surface area contributed by atoms with E-state index in [1.54, 1.807) is 6.07 Å². The van der Waals surface area contributed by atoms with Gasteiger partial charge in [0.05, 0.1) is 12.9 Å². The molecule has 0 aliphatic carbocycles. The molecule has 0 spiro atoms. The maximum absolute atomic E-state index is 10.9. The van der Waals surface area contributed by atoms with E-state index >= 15 is 0 Å². The largest absolute Gasteiger partial charge is 0.481 e. The van der Waals surface area contributed by atoms with Gasteiger partial charge in [-0.25, -0.2) is 15.0 Å². The highest BCUT2D eigenvalue weighted by molar-refractivity contribution is 8.15. The summed E-state index contributed by atoms with van der Waals surface area (Å²) >= 11 is 1.38. The average molecular weight is 209 g/mol. The van der Waals surface area contributed by atoms with Crippen molar-refractivity contribution in [1.82, 2.24) is 9.97 Å². The molecule has 1 aliphatic rings. The lowest BCUT2D eigenvalue weighted by atomic mass is 10.4. The fraction of sp³-hybridized carbons (Fsp3) is 0.250. The smallest absolute Gasteiger partial charge is 0.257 e. The van der Waals surface area contributed by atoms with E-state index in [-0.39, 0.29) is 5.91 Å². The molecule has 5 nitrogen and oxygen atoms in total. The minimum Gasteiger partial charge on any atom is -0.481 e. The van der Waals surface area contributed by atoms with Gasteiger partial charge in [0.25, 0.3) is 5.91 Å². The van der Waals surface area contributed by atoms with E-state index in [2.05, 4.69) is 15.0 Å². The van der Waals surface area contributed by atoms with Crippen molar-refractivity contribution in [1.29, 1.82) is 0 Å². The highest BCUT2D eigenvalue weighted by atomic mass is 32.2. The second-order valence-corrected chi connectivity index (χ2v) is 3.51. The van der Waals surface area contributed by atoms with Crippen molar-refractivity contribution >= 4 is 22.7 Å². The molecule has 72 valence electrons. The highest BCUT2D eigenvalue weighted by Crippen LogP contribution is 2.19. The van der Waals surface area contributed by atoms with Crippen LogP contribution in [0.5, 0.6) is 5.88 Å². The van der Waals surface area contributed by atoms with Crippen molar-refractivity contribution in [3.8, 4) is 5.88 Å². The van der Waals surface area contributed by atoms with Crippen molar-refractivity contribution in [2.45, 2.75) is 0 Å². The molecule has 6 heteroatoms. The van der Waals surface area contributed by atoms with E-state index in [1.165, 1.54) is 25.2 Å². The summed E-state index contributed by atoms with van der Waals surface area (Å²) < 4.78 is 4.94. The molecular formula is C8H7N3O2S. The minimum absolute atomic E-state index is 0.123. The summed E-state index contributed by atoms with van der Waals surface area (Å²) in [5, 5.41) is 0.635. The molecule has 0 saturated heterocycles. The molecule has 2 heterocycles. The Morgan fingerprint density at radius 1 is 1.50 bits per heavy atom. The van der Waals surface area contributed by atoms with Gasteiger partial charge in [-0.1, -0.05) is 11.8 Å². The fourth-order valence-electron chi connectivity index (χ4n) is 1.01. The third-order valence-electron chi connectivity index (χ3n) is 1.63. The third-order valence-corrected chi connectivity index (χ3v) is 2.59. The van der Waals surface area contributed by atoms with Crippen LogP contribution in [-0.2, 0) is 4.79 Å². The van der Waals surface area contributed by atoms with Crippen LogP contribution in [0.1, 0.15) is 5.69 Å². The standard InChI is InChI=1S/C8H7N3O2S/c1-13-7-2-5(9-4-10-7)8-11-6(12)3-14-8/h2,4H,3H2,1H3. The first kappa shape index (κ1) is 9.14. The molecule has 1 aromatic rings. The van der Waals surface area contributed by atoms with Crippen molar-refractivity contribution in [2.75, 3.05) is 12.9 Å². The van der Waals surface area contributed by atoms with E-state index in [0.717, 1.165) is 0 Å². The van der Waals surface area contributed by atoms with Gasteiger partial charge >= 0.3 is 0 Å². The number of amides is 1. The normalized spacial score (nSPS) is 15.5. The molecule has 0 atom stereocenters. The van der Waals surface area contributed by atoms with Crippen LogP contribution < -0.4 is 4.74 Å². The van der Waals surface area contributed by atoms with E-state index in [0.29, 0.717) is 22.4 Å². The Labute approximate surface area is 84.6 Å². The van der Waals surface area contributed by atoms with E-state index in [4.69, 9.17) is 4.74 Å². The number of rotatable bonds is 2. The van der Waals surface area contributed by atoms with Crippen molar-refractivity contribution in [3.05, 3.63) is 18.1 Å². The number of carbonyl (C=O) groups excluding carboxylic acids is 1. The quantitative estimate of drug-likeness (QED) is 0.709. The summed E-state index contributed by atoms with van der Waals surface area (Å²) in [6.07, 6.45) is 1.39. The zero-order valence-corrected chi connectivity index (χ0v) is 8.24. The molecule has 0 aromatic carbocycles. The first-order chi connectivity index (χ1) is 6.79. The molecule has 2 rings (SSSR count). The van der Waals surface area contributed by atoms with Crippen LogP contribution in [0.4, 0.5) is 0 Å². The Balaban J connectivity index is 2.32. The van der Waals surface area contributed by atoms with Crippen LogP contribution in [0, 0.1) is 0 Å². The molecule has 1 aliphatic heterocycles. The molecule has 0 N–H and O–H groups in total. The second-order valence-electron chi connectivity index (χ2n) is 2.54. The minimum atomic E-state index is -0.123. The number of nitrogens with zero attached hydrogens (tertiary/aromatic N) is 3. The summed E-state index contributed by atoms with van der Waals surface area (Å²) in [4.78, 5) is 22.6. The monoisotopic (exact) mass is 209 g/mol. The Bertz CT molecular complexity index is 405. The van der Waals surface area contributed by atoms with Crippen LogP contribution in [0.25, 0.3) is 0 Å². The number of hydrogen-bond acceptors (Lipinski definition) is 5. The van der Waals surface area contributed by atoms with Gasteiger partial charge in [-0.15, -0.1) is 0 Å². The Kier molecular flexibility index (Phi) is 2.45. The maximum atomic E-state index is 10.9. The van der Waals surface area contributed by atoms with Crippen LogP contribution in [-0.4, -0.2) is 33.8 Å². The van der Waals surface area contributed by atoms with Gasteiger partial charge in [-0.2, -0.15) is 0 Å². The van der Waals surface area contributed by atoms with E-state index in [9.17, 15) is 4.79 Å². The topological polar surface area (TPSA) is 64.4 Å². The summed E-state index contributed by atoms with van der Waals surface area (Å²) in [5.74, 6) is 0.738. The average Bonchev–Trinajstić information content (AvgIpc) is 2.65. The lowest BCUT2D eigenvalue weighted by molar-refractivity contribution is -0.115. The van der Waals surface area contributed by atoms with Gasteiger partial charge in [-0.05, 0) is 0 Å². The predicted molar refractivity (Wildman–Crippen MR) is 52.6 cm³/mol. The number of aliphatic imine (C=N–C) groups is 1. The predicted octanol–water partition coefficient (Wildman–Crippen LogP) is 0.505. The molecule has 0 unspecified atom stereocenters. The van der Waals surface area contributed by atoms with Crippen molar-refractivity contribution in [3.63, 3.8) is 0 Å². The van der Waals surface area contributed by atoms with Gasteiger partial charge in [-0.3, -0.25) is 4.79 Å². The number of methoxy groups -OCH3 is 1. The van der Waals surface area contributed by atoms with Crippen LogP contribution >= 0.6 is 11.8 Å². The van der Waals surface area contributed by atoms with Crippen LogP contribution in [0.3, 0.4) is 0 Å². The molecule has 14 heavy (non-hydrogen) atoms. The SMILES string of the molecule is COc1cc(C2=NC(=O)CS2)ncn1. The third kappa shape index (κ3) is 1.74. The Morgan fingerprint density at radius 2 is 2.36 bits per heavy atom. The number of aromatic nitrogens is 2. The molecular weight excluding hydrogens is 202 g/mol. The van der Waals surface area contributed by atoms with Crippen LogP contribution in [0.15, 0.2) is 17.4 Å². The van der Waals surface area contributed by atoms with Gasteiger partial charge in [0.15, 0.2) is 0 Å². The van der Waals surface area contributed by atoms with Gasteiger partial charge in [0.2, 0.25) is 5.88 Å². The zero-order chi connectivity index (χ0) is 9.97. The summed E-state index contributed by atoms with van der Waals surface area (Å²) in [6, 6.07) is 1.66. The molecule has 1 aromatic heterocycles. The maximum Gasteiger partial charge on any atom is 0.257 e. The highest BCUT2D eigenvalue weighted by Gasteiger charge is 2.17. The lowest BCUT2D eigenvalue weighted by Crippen LogP contribution is -1.98. The number of ether oxygens (including phenoxy) is 1. The second kappa shape index (κ2) is 3.75.